The lowest BCUT2D eigenvalue weighted by Crippen LogP contribution is -2.32. The fourth-order valence-electron chi connectivity index (χ4n) is 4.17. The van der Waals surface area contributed by atoms with Crippen LogP contribution in [0.2, 0.25) is 0 Å². The molecule has 2 aliphatic carbocycles. The van der Waals surface area contributed by atoms with E-state index in [9.17, 15) is 9.59 Å². The second-order valence-electron chi connectivity index (χ2n) is 6.76. The summed E-state index contributed by atoms with van der Waals surface area (Å²) in [7, 11) is 0. The number of hydrogen-bond donors (Lipinski definition) is 0. The predicted octanol–water partition coefficient (Wildman–Crippen LogP) is 3.12. The third kappa shape index (κ3) is 1.66. The summed E-state index contributed by atoms with van der Waals surface area (Å²) in [6.07, 6.45) is 5.23. The third-order valence-corrected chi connectivity index (χ3v) is 5.29. The molecule has 2 fully saturated rings. The molecule has 0 N–H and O–H groups in total. The summed E-state index contributed by atoms with van der Waals surface area (Å²) >= 11 is 0. The van der Waals surface area contributed by atoms with Gasteiger partial charge in [0.2, 0.25) is 11.8 Å². The molecule has 1 heterocycles. The van der Waals surface area contributed by atoms with E-state index in [0.29, 0.717) is 5.92 Å². The molecular weight excluding hydrogens is 262 g/mol. The van der Waals surface area contributed by atoms with Crippen LogP contribution in [0.1, 0.15) is 31.7 Å². The van der Waals surface area contributed by atoms with Crippen molar-refractivity contribution in [3.05, 3.63) is 42.0 Å². The van der Waals surface area contributed by atoms with Gasteiger partial charge in [0, 0.05) is 0 Å². The van der Waals surface area contributed by atoms with Crippen LogP contribution in [-0.4, -0.2) is 11.8 Å². The van der Waals surface area contributed by atoms with Crippen LogP contribution in [0.4, 0.5) is 5.69 Å². The maximum atomic E-state index is 12.7. The lowest BCUT2D eigenvalue weighted by atomic mass is 9.85. The standard InChI is InChI=1S/C18H19NO2/c1-10(2)11-5-7-14(8-6-11)19-17(20)15-12-3-4-13(9-12)16(15)18(19)21/h3-8,10,12-13,15-16H,9H2,1-2H3/t12-,13+,15-,16+. The summed E-state index contributed by atoms with van der Waals surface area (Å²) in [5, 5.41) is 0. The molecule has 2 bridgehead atoms. The molecule has 4 rings (SSSR count). The minimum atomic E-state index is -0.114. The molecule has 0 aromatic heterocycles. The van der Waals surface area contributed by atoms with E-state index in [1.54, 1.807) is 0 Å². The van der Waals surface area contributed by atoms with Crippen LogP contribution in [0.15, 0.2) is 36.4 Å². The summed E-state index contributed by atoms with van der Waals surface area (Å²) in [6.45, 7) is 4.27. The first-order chi connectivity index (χ1) is 10.1. The van der Waals surface area contributed by atoms with Crippen molar-refractivity contribution in [3.8, 4) is 0 Å². The van der Waals surface area contributed by atoms with Gasteiger partial charge in [0.15, 0.2) is 0 Å². The van der Waals surface area contributed by atoms with E-state index in [1.807, 2.05) is 24.3 Å². The van der Waals surface area contributed by atoms with Crippen LogP contribution in [0.3, 0.4) is 0 Å². The molecule has 21 heavy (non-hydrogen) atoms. The quantitative estimate of drug-likeness (QED) is 0.617. The Morgan fingerprint density at radius 3 is 1.95 bits per heavy atom. The predicted molar refractivity (Wildman–Crippen MR) is 80.7 cm³/mol. The maximum Gasteiger partial charge on any atom is 0.238 e. The molecule has 1 saturated carbocycles. The van der Waals surface area contributed by atoms with Gasteiger partial charge in [0.1, 0.15) is 0 Å². The van der Waals surface area contributed by atoms with Crippen molar-refractivity contribution in [1.29, 1.82) is 0 Å². The number of carbonyl (C=O) groups is 2. The highest BCUT2D eigenvalue weighted by atomic mass is 16.2. The van der Waals surface area contributed by atoms with Gasteiger partial charge in [-0.1, -0.05) is 38.1 Å². The summed E-state index contributed by atoms with van der Waals surface area (Å²) in [4.78, 5) is 26.8. The molecule has 0 unspecified atom stereocenters. The molecule has 3 aliphatic rings. The molecular formula is C18H19NO2. The molecule has 2 amide bonds. The summed E-state index contributed by atoms with van der Waals surface area (Å²) in [5.41, 5.74) is 1.95. The normalized spacial score (nSPS) is 33.4. The zero-order chi connectivity index (χ0) is 14.7. The number of allylic oxidation sites excluding steroid dienone is 2. The highest BCUT2D eigenvalue weighted by Crippen LogP contribution is 2.53. The average molecular weight is 281 g/mol. The van der Waals surface area contributed by atoms with Crippen LogP contribution in [0, 0.1) is 23.7 Å². The molecule has 1 saturated heterocycles. The Balaban J connectivity index is 1.68. The molecule has 0 spiro atoms. The van der Waals surface area contributed by atoms with Crippen molar-refractivity contribution < 1.29 is 9.59 Å². The third-order valence-electron chi connectivity index (χ3n) is 5.29. The average Bonchev–Trinajstić information content (AvgIpc) is 3.13. The van der Waals surface area contributed by atoms with E-state index in [4.69, 9.17) is 0 Å². The highest BCUT2D eigenvalue weighted by molar-refractivity contribution is 6.22. The van der Waals surface area contributed by atoms with Gasteiger partial charge >= 0.3 is 0 Å². The van der Waals surface area contributed by atoms with Gasteiger partial charge in [0.05, 0.1) is 17.5 Å². The number of benzene rings is 1. The molecule has 108 valence electrons. The van der Waals surface area contributed by atoms with Gasteiger partial charge in [-0.25, -0.2) is 0 Å². The number of nitrogens with zero attached hydrogens (tertiary/aromatic N) is 1. The Morgan fingerprint density at radius 2 is 1.48 bits per heavy atom. The number of fused-ring (bicyclic) bond motifs is 5. The monoisotopic (exact) mass is 281 g/mol. The van der Waals surface area contributed by atoms with E-state index in [2.05, 4.69) is 26.0 Å². The zero-order valence-electron chi connectivity index (χ0n) is 12.3. The number of amides is 2. The molecule has 1 aromatic rings. The van der Waals surface area contributed by atoms with Crippen molar-refractivity contribution >= 4 is 17.5 Å². The van der Waals surface area contributed by atoms with Gasteiger partial charge in [-0.2, -0.15) is 0 Å². The second-order valence-corrected chi connectivity index (χ2v) is 6.76. The Labute approximate surface area is 124 Å². The summed E-state index contributed by atoms with van der Waals surface area (Å²) in [6, 6.07) is 7.84. The number of carbonyl (C=O) groups excluding carboxylic acids is 2. The Kier molecular flexibility index (Phi) is 2.62. The van der Waals surface area contributed by atoms with E-state index >= 15 is 0 Å². The largest absolute Gasteiger partial charge is 0.274 e. The van der Waals surface area contributed by atoms with Crippen LogP contribution in [0.5, 0.6) is 0 Å². The van der Waals surface area contributed by atoms with Crippen molar-refractivity contribution in [2.75, 3.05) is 4.90 Å². The fourth-order valence-corrected chi connectivity index (χ4v) is 4.17. The Morgan fingerprint density at radius 1 is 0.952 bits per heavy atom. The van der Waals surface area contributed by atoms with E-state index < -0.39 is 0 Å². The summed E-state index contributed by atoms with van der Waals surface area (Å²) < 4.78 is 0. The highest BCUT2D eigenvalue weighted by Gasteiger charge is 2.59. The van der Waals surface area contributed by atoms with Crippen LogP contribution in [0.25, 0.3) is 0 Å². The minimum absolute atomic E-state index is 0.000790. The first kappa shape index (κ1) is 12.8. The number of hydrogen-bond acceptors (Lipinski definition) is 2. The fraction of sp³-hybridized carbons (Fsp3) is 0.444. The molecule has 3 nitrogen and oxygen atoms in total. The van der Waals surface area contributed by atoms with Gasteiger partial charge in [-0.3, -0.25) is 14.5 Å². The van der Waals surface area contributed by atoms with Gasteiger partial charge in [-0.15, -0.1) is 0 Å². The lowest BCUT2D eigenvalue weighted by molar-refractivity contribution is -0.123. The summed E-state index contributed by atoms with van der Waals surface area (Å²) in [5.74, 6) is 0.768. The van der Waals surface area contributed by atoms with Crippen LogP contribution in [-0.2, 0) is 9.59 Å². The van der Waals surface area contributed by atoms with Crippen molar-refractivity contribution in [3.63, 3.8) is 0 Å². The second kappa shape index (κ2) is 4.30. The molecule has 1 aliphatic heterocycles. The molecule has 4 atom stereocenters. The van der Waals surface area contributed by atoms with Gasteiger partial charge < -0.3 is 0 Å². The van der Waals surface area contributed by atoms with E-state index in [1.165, 1.54) is 10.5 Å². The number of imide groups is 1. The van der Waals surface area contributed by atoms with Crippen molar-refractivity contribution in [2.45, 2.75) is 26.2 Å². The first-order valence-corrected chi connectivity index (χ1v) is 7.74. The maximum absolute atomic E-state index is 12.7. The topological polar surface area (TPSA) is 37.4 Å². The molecule has 0 radical (unpaired) electrons. The number of anilines is 1. The zero-order valence-corrected chi connectivity index (χ0v) is 12.3. The van der Waals surface area contributed by atoms with Gasteiger partial charge in [0.25, 0.3) is 0 Å². The lowest BCUT2D eigenvalue weighted by Gasteiger charge is -2.18. The smallest absolute Gasteiger partial charge is 0.238 e. The molecule has 1 aromatic carbocycles. The number of rotatable bonds is 2. The van der Waals surface area contributed by atoms with Crippen molar-refractivity contribution in [1.82, 2.24) is 0 Å². The van der Waals surface area contributed by atoms with E-state index in [0.717, 1.165) is 12.1 Å². The Bertz CT molecular complexity index is 614. The van der Waals surface area contributed by atoms with Crippen LogP contribution < -0.4 is 4.90 Å². The van der Waals surface area contributed by atoms with Crippen molar-refractivity contribution in [2.24, 2.45) is 23.7 Å². The van der Waals surface area contributed by atoms with E-state index in [-0.39, 0.29) is 35.5 Å². The van der Waals surface area contributed by atoms with Crippen LogP contribution >= 0.6 is 0 Å². The SMILES string of the molecule is CC(C)c1ccc(N2C(=O)[C@@H]3[C@H](C2=O)[C@@H]2C=C[C@H]3C2)cc1. The van der Waals surface area contributed by atoms with Gasteiger partial charge in [-0.05, 0) is 41.9 Å². The Hall–Kier alpha value is -1.90. The molecule has 3 heteroatoms. The minimum Gasteiger partial charge on any atom is -0.274 e. The first-order valence-electron chi connectivity index (χ1n) is 7.74.